The number of piperidine rings is 1. The number of rotatable bonds is 4. The fourth-order valence-corrected chi connectivity index (χ4v) is 4.01. The van der Waals surface area contributed by atoms with Crippen LogP contribution in [0, 0.1) is 5.82 Å². The van der Waals surface area contributed by atoms with Crippen molar-refractivity contribution >= 4 is 17.1 Å². The molecule has 152 valence electrons. The third-order valence-corrected chi connectivity index (χ3v) is 5.30. The molecule has 8 heteroatoms. The Bertz CT molecular complexity index is 914. The molecule has 1 saturated heterocycles. The fraction of sp³-hybridized carbons (Fsp3) is 0.550. The van der Waals surface area contributed by atoms with Gasteiger partial charge in [0.2, 0.25) is 0 Å². The number of halogens is 1. The topological polar surface area (TPSA) is 78.7 Å². The van der Waals surface area contributed by atoms with Crippen LogP contribution in [0.25, 0.3) is 11.0 Å². The molecule has 28 heavy (non-hydrogen) atoms. The van der Waals surface area contributed by atoms with E-state index in [0.717, 1.165) is 32.1 Å². The van der Waals surface area contributed by atoms with Crippen molar-refractivity contribution in [3.8, 4) is 0 Å². The number of pyridine rings is 2. The highest BCUT2D eigenvalue weighted by Crippen LogP contribution is 2.24. The lowest BCUT2D eigenvalue weighted by Gasteiger charge is -2.43. The number of carboxylic acid groups (broad SMARTS) is 1. The van der Waals surface area contributed by atoms with Crippen LogP contribution in [0.3, 0.4) is 0 Å². The summed E-state index contributed by atoms with van der Waals surface area (Å²) in [6.07, 6.45) is 1.77. The summed E-state index contributed by atoms with van der Waals surface area (Å²) in [7, 11) is 0. The van der Waals surface area contributed by atoms with Crippen LogP contribution in [-0.4, -0.2) is 61.8 Å². The maximum Gasteiger partial charge on any atom is 0.407 e. The van der Waals surface area contributed by atoms with Gasteiger partial charge in [0.1, 0.15) is 5.82 Å². The van der Waals surface area contributed by atoms with Gasteiger partial charge in [-0.1, -0.05) is 0 Å². The van der Waals surface area contributed by atoms with Crippen molar-refractivity contribution in [3.63, 3.8) is 0 Å². The Labute approximate surface area is 163 Å². The van der Waals surface area contributed by atoms with Gasteiger partial charge in [-0.2, -0.15) is 0 Å². The molecule has 0 saturated carbocycles. The SMILES string of the molecule is CC(C)(C)N(C(=O)O)C1CCN(CCn2c(=O)ccc3ncc(F)cc32)CC1. The number of amides is 1. The van der Waals surface area contributed by atoms with Crippen LogP contribution in [0.1, 0.15) is 33.6 Å². The average molecular weight is 390 g/mol. The van der Waals surface area contributed by atoms with E-state index >= 15 is 0 Å². The van der Waals surface area contributed by atoms with Crippen molar-refractivity contribution in [2.75, 3.05) is 19.6 Å². The summed E-state index contributed by atoms with van der Waals surface area (Å²) >= 11 is 0. The molecule has 1 N–H and O–H groups in total. The number of nitrogens with zero attached hydrogens (tertiary/aromatic N) is 4. The van der Waals surface area contributed by atoms with Gasteiger partial charge in [0.05, 0.1) is 17.2 Å². The lowest BCUT2D eigenvalue weighted by Crippen LogP contribution is -2.54. The molecule has 2 aromatic rings. The van der Waals surface area contributed by atoms with E-state index in [1.807, 2.05) is 20.8 Å². The number of carbonyl (C=O) groups is 1. The third-order valence-electron chi connectivity index (χ3n) is 5.30. The number of hydrogen-bond acceptors (Lipinski definition) is 4. The first kappa shape index (κ1) is 20.3. The van der Waals surface area contributed by atoms with Crippen LogP contribution in [0.2, 0.25) is 0 Å². The Hall–Kier alpha value is -2.48. The average Bonchev–Trinajstić information content (AvgIpc) is 2.60. The second-order valence-electron chi connectivity index (χ2n) is 8.28. The summed E-state index contributed by atoms with van der Waals surface area (Å²) in [5.41, 5.74) is 0.458. The lowest BCUT2D eigenvalue weighted by molar-refractivity contribution is 0.0417. The summed E-state index contributed by atoms with van der Waals surface area (Å²) in [5.74, 6) is -0.469. The van der Waals surface area contributed by atoms with Crippen molar-refractivity contribution in [1.29, 1.82) is 0 Å². The van der Waals surface area contributed by atoms with Gasteiger partial charge in [-0.15, -0.1) is 0 Å². The van der Waals surface area contributed by atoms with Gasteiger partial charge in [0.15, 0.2) is 0 Å². The maximum atomic E-state index is 13.6. The van der Waals surface area contributed by atoms with Crippen molar-refractivity contribution in [3.05, 3.63) is 40.6 Å². The first-order chi connectivity index (χ1) is 13.2. The van der Waals surface area contributed by atoms with Crippen LogP contribution < -0.4 is 5.56 Å². The number of aromatic nitrogens is 2. The van der Waals surface area contributed by atoms with Crippen molar-refractivity contribution in [2.24, 2.45) is 0 Å². The smallest absolute Gasteiger partial charge is 0.407 e. The second-order valence-corrected chi connectivity index (χ2v) is 8.28. The monoisotopic (exact) mass is 390 g/mol. The third kappa shape index (κ3) is 4.32. The molecule has 1 fully saturated rings. The number of likely N-dealkylation sites (tertiary alicyclic amines) is 1. The van der Waals surface area contributed by atoms with Crippen molar-refractivity contribution < 1.29 is 14.3 Å². The van der Waals surface area contributed by atoms with Crippen LogP contribution in [0.4, 0.5) is 9.18 Å². The molecule has 0 aromatic carbocycles. The zero-order valence-corrected chi connectivity index (χ0v) is 16.6. The summed E-state index contributed by atoms with van der Waals surface area (Å²) in [6.45, 7) is 8.33. The Kier molecular flexibility index (Phi) is 5.69. The first-order valence-electron chi connectivity index (χ1n) is 9.56. The van der Waals surface area contributed by atoms with Gasteiger partial charge >= 0.3 is 6.09 Å². The molecule has 2 aromatic heterocycles. The second kappa shape index (κ2) is 7.87. The minimum Gasteiger partial charge on any atom is -0.465 e. The number of fused-ring (bicyclic) bond motifs is 1. The molecule has 1 aliphatic rings. The zero-order valence-electron chi connectivity index (χ0n) is 16.6. The molecule has 0 bridgehead atoms. The van der Waals surface area contributed by atoms with E-state index in [2.05, 4.69) is 9.88 Å². The Morgan fingerprint density at radius 2 is 1.96 bits per heavy atom. The molecular weight excluding hydrogens is 363 g/mol. The lowest BCUT2D eigenvalue weighted by atomic mass is 9.97. The Morgan fingerprint density at radius 3 is 2.57 bits per heavy atom. The standard InChI is InChI=1S/C20H27FN4O3/c1-20(2,3)25(19(27)28)15-6-8-23(9-7-15)10-11-24-17-12-14(21)13-22-16(17)4-5-18(24)26/h4-5,12-13,15H,6-11H2,1-3H3,(H,27,28). The van der Waals surface area contributed by atoms with Crippen LogP contribution in [0.5, 0.6) is 0 Å². The molecule has 1 amide bonds. The predicted molar refractivity (Wildman–Crippen MR) is 105 cm³/mol. The van der Waals surface area contributed by atoms with E-state index in [4.69, 9.17) is 0 Å². The van der Waals surface area contributed by atoms with Gasteiger partial charge < -0.3 is 19.5 Å². The zero-order chi connectivity index (χ0) is 20.5. The quantitative estimate of drug-likeness (QED) is 0.869. The van der Waals surface area contributed by atoms with Gasteiger partial charge in [-0.25, -0.2) is 9.18 Å². The normalized spacial score (nSPS) is 16.4. The van der Waals surface area contributed by atoms with Gasteiger partial charge in [0.25, 0.3) is 5.56 Å². The van der Waals surface area contributed by atoms with E-state index < -0.39 is 17.4 Å². The molecule has 0 atom stereocenters. The minimum atomic E-state index is -0.886. The molecule has 0 spiro atoms. The van der Waals surface area contributed by atoms with E-state index in [0.29, 0.717) is 24.1 Å². The van der Waals surface area contributed by atoms with Crippen LogP contribution in [-0.2, 0) is 6.54 Å². The van der Waals surface area contributed by atoms with Crippen LogP contribution in [0.15, 0.2) is 29.2 Å². The fourth-order valence-electron chi connectivity index (χ4n) is 4.01. The van der Waals surface area contributed by atoms with Crippen molar-refractivity contribution in [2.45, 2.75) is 51.7 Å². The van der Waals surface area contributed by atoms with E-state index in [1.165, 1.54) is 12.1 Å². The van der Waals surface area contributed by atoms with Crippen molar-refractivity contribution in [1.82, 2.24) is 19.4 Å². The van der Waals surface area contributed by atoms with Gasteiger partial charge in [0, 0.05) is 49.9 Å². The molecule has 7 nitrogen and oxygen atoms in total. The number of hydrogen-bond donors (Lipinski definition) is 1. The molecule has 0 aliphatic carbocycles. The highest BCUT2D eigenvalue weighted by atomic mass is 19.1. The molecule has 3 rings (SSSR count). The van der Waals surface area contributed by atoms with E-state index in [1.54, 1.807) is 15.5 Å². The van der Waals surface area contributed by atoms with E-state index in [9.17, 15) is 19.1 Å². The molecule has 0 unspecified atom stereocenters. The summed E-state index contributed by atoms with van der Waals surface area (Å²) in [6, 6.07) is 4.39. The van der Waals surface area contributed by atoms with Gasteiger partial charge in [-0.3, -0.25) is 9.78 Å². The summed E-state index contributed by atoms with van der Waals surface area (Å²) in [5, 5.41) is 9.57. The van der Waals surface area contributed by atoms with Gasteiger partial charge in [-0.05, 0) is 39.7 Å². The molecule has 1 aliphatic heterocycles. The Balaban J connectivity index is 1.66. The molecule has 0 radical (unpaired) electrons. The highest BCUT2D eigenvalue weighted by molar-refractivity contribution is 5.74. The van der Waals surface area contributed by atoms with E-state index in [-0.39, 0.29) is 11.6 Å². The Morgan fingerprint density at radius 1 is 1.29 bits per heavy atom. The largest absolute Gasteiger partial charge is 0.465 e. The first-order valence-corrected chi connectivity index (χ1v) is 9.56. The minimum absolute atomic E-state index is 0.00711. The summed E-state index contributed by atoms with van der Waals surface area (Å²) < 4.78 is 15.1. The van der Waals surface area contributed by atoms with Crippen LogP contribution >= 0.6 is 0 Å². The molecule has 3 heterocycles. The maximum absolute atomic E-state index is 13.6. The predicted octanol–water partition coefficient (Wildman–Crippen LogP) is 2.78. The molecular formula is C20H27FN4O3. The highest BCUT2D eigenvalue weighted by Gasteiger charge is 2.35. The summed E-state index contributed by atoms with van der Waals surface area (Å²) in [4.78, 5) is 31.7.